The largest absolute Gasteiger partial charge is 0.313 e. The molecule has 0 aliphatic carbocycles. The van der Waals surface area contributed by atoms with Crippen LogP contribution in [-0.2, 0) is 0 Å². The van der Waals surface area contributed by atoms with Crippen molar-refractivity contribution in [3.8, 4) is 0 Å². The van der Waals surface area contributed by atoms with Gasteiger partial charge in [-0.2, -0.15) is 10.2 Å². The fourth-order valence-corrected chi connectivity index (χ4v) is 2.28. The molecule has 0 aliphatic rings. The molecular weight excluding hydrogens is 210 g/mol. The summed E-state index contributed by atoms with van der Waals surface area (Å²) in [6.07, 6.45) is 3.66. The fourth-order valence-electron chi connectivity index (χ4n) is 2.28. The molecule has 1 aromatic heterocycles. The topological polar surface area (TPSA) is 37.8 Å². The normalized spacial score (nSPS) is 13.1. The van der Waals surface area contributed by atoms with Crippen LogP contribution in [0.25, 0.3) is 0 Å². The summed E-state index contributed by atoms with van der Waals surface area (Å²) < 4.78 is 0. The maximum Gasteiger partial charge on any atom is 0.0648 e. The van der Waals surface area contributed by atoms with Gasteiger partial charge in [-0.15, -0.1) is 0 Å². The quantitative estimate of drug-likeness (QED) is 0.823. The lowest BCUT2D eigenvalue weighted by molar-refractivity contribution is 0.383. The van der Waals surface area contributed by atoms with Gasteiger partial charge in [0.05, 0.1) is 11.4 Å². The number of nitrogens with one attached hydrogen (secondary N) is 1. The average molecular weight is 235 g/mol. The minimum Gasteiger partial charge on any atom is -0.313 e. The summed E-state index contributed by atoms with van der Waals surface area (Å²) in [5.41, 5.74) is 3.34. The Bertz CT molecular complexity index is 345. The third kappa shape index (κ3) is 3.77. The SMILES string of the molecule is CCC(CC)CC(NC)c1cc(C)nnc1C. The molecule has 1 N–H and O–H groups in total. The first-order valence-electron chi connectivity index (χ1n) is 6.60. The minimum absolute atomic E-state index is 0.397. The predicted molar refractivity (Wildman–Crippen MR) is 72.0 cm³/mol. The number of hydrogen-bond acceptors (Lipinski definition) is 3. The standard InChI is InChI=1S/C14H25N3/c1-6-12(7-2)9-14(15-5)13-8-10(3)16-17-11(13)4/h8,12,14-15H,6-7,9H2,1-5H3. The highest BCUT2D eigenvalue weighted by Crippen LogP contribution is 2.26. The Balaban J connectivity index is 2.89. The Morgan fingerprint density at radius 3 is 2.35 bits per heavy atom. The molecule has 17 heavy (non-hydrogen) atoms. The molecular formula is C14H25N3. The van der Waals surface area contributed by atoms with E-state index in [0.717, 1.165) is 17.3 Å². The summed E-state index contributed by atoms with van der Waals surface area (Å²) in [5, 5.41) is 11.7. The van der Waals surface area contributed by atoms with Crippen LogP contribution in [0.5, 0.6) is 0 Å². The van der Waals surface area contributed by atoms with Crippen molar-refractivity contribution in [3.05, 3.63) is 23.0 Å². The lowest BCUT2D eigenvalue weighted by Crippen LogP contribution is -2.21. The number of rotatable bonds is 6. The molecule has 1 heterocycles. The molecule has 0 fully saturated rings. The van der Waals surface area contributed by atoms with Crippen LogP contribution in [-0.4, -0.2) is 17.2 Å². The zero-order valence-electron chi connectivity index (χ0n) is 11.7. The minimum atomic E-state index is 0.397. The Kier molecular flexibility index (Phi) is 5.56. The number of nitrogens with zero attached hydrogens (tertiary/aromatic N) is 2. The van der Waals surface area contributed by atoms with E-state index < -0.39 is 0 Å². The first-order chi connectivity index (χ1) is 8.12. The van der Waals surface area contributed by atoms with Gasteiger partial charge in [0, 0.05) is 6.04 Å². The van der Waals surface area contributed by atoms with Crippen molar-refractivity contribution in [1.82, 2.24) is 15.5 Å². The first kappa shape index (κ1) is 14.1. The second kappa shape index (κ2) is 6.70. The highest BCUT2D eigenvalue weighted by molar-refractivity contribution is 5.23. The molecule has 0 radical (unpaired) electrons. The molecule has 1 atom stereocenters. The van der Waals surface area contributed by atoms with Crippen molar-refractivity contribution in [3.63, 3.8) is 0 Å². The van der Waals surface area contributed by atoms with Crippen LogP contribution in [0.3, 0.4) is 0 Å². The molecule has 0 bridgehead atoms. The summed E-state index contributed by atoms with van der Waals surface area (Å²) in [6.45, 7) is 8.58. The van der Waals surface area contributed by atoms with E-state index in [0.29, 0.717) is 6.04 Å². The van der Waals surface area contributed by atoms with E-state index >= 15 is 0 Å². The van der Waals surface area contributed by atoms with Crippen molar-refractivity contribution >= 4 is 0 Å². The van der Waals surface area contributed by atoms with Crippen LogP contribution in [0.1, 0.15) is 56.1 Å². The first-order valence-corrected chi connectivity index (χ1v) is 6.60. The van der Waals surface area contributed by atoms with Crippen LogP contribution < -0.4 is 5.32 Å². The van der Waals surface area contributed by atoms with Gasteiger partial charge in [0.25, 0.3) is 0 Å². The molecule has 0 saturated heterocycles. The van der Waals surface area contributed by atoms with Crippen molar-refractivity contribution in [2.75, 3.05) is 7.05 Å². The molecule has 0 saturated carbocycles. The van der Waals surface area contributed by atoms with Crippen LogP contribution in [0.4, 0.5) is 0 Å². The summed E-state index contributed by atoms with van der Waals surface area (Å²) in [7, 11) is 2.03. The van der Waals surface area contributed by atoms with Gasteiger partial charge >= 0.3 is 0 Å². The van der Waals surface area contributed by atoms with Gasteiger partial charge in [0.2, 0.25) is 0 Å². The third-order valence-electron chi connectivity index (χ3n) is 3.59. The summed E-state index contributed by atoms with van der Waals surface area (Å²) in [6, 6.07) is 2.56. The van der Waals surface area contributed by atoms with Gasteiger partial charge in [-0.3, -0.25) is 0 Å². The molecule has 3 nitrogen and oxygen atoms in total. The molecule has 0 spiro atoms. The van der Waals surface area contributed by atoms with E-state index in [9.17, 15) is 0 Å². The van der Waals surface area contributed by atoms with Crippen molar-refractivity contribution in [2.24, 2.45) is 5.92 Å². The monoisotopic (exact) mass is 235 g/mol. The third-order valence-corrected chi connectivity index (χ3v) is 3.59. The Labute approximate surface area is 105 Å². The van der Waals surface area contributed by atoms with Crippen LogP contribution in [0.15, 0.2) is 6.07 Å². The summed E-state index contributed by atoms with van der Waals surface area (Å²) in [5.74, 6) is 0.778. The predicted octanol–water partition coefficient (Wildman–Crippen LogP) is 3.18. The maximum atomic E-state index is 4.22. The Morgan fingerprint density at radius 1 is 1.18 bits per heavy atom. The number of hydrogen-bond donors (Lipinski definition) is 1. The Hall–Kier alpha value is -0.960. The van der Waals surface area contributed by atoms with Crippen LogP contribution in [0, 0.1) is 19.8 Å². The molecule has 1 aromatic rings. The van der Waals surface area contributed by atoms with Gasteiger partial charge < -0.3 is 5.32 Å². The van der Waals surface area contributed by atoms with E-state index in [1.807, 2.05) is 20.9 Å². The van der Waals surface area contributed by atoms with E-state index in [1.54, 1.807) is 0 Å². The molecule has 0 amide bonds. The second-order valence-corrected chi connectivity index (χ2v) is 4.79. The zero-order chi connectivity index (χ0) is 12.8. The molecule has 3 heteroatoms. The number of aromatic nitrogens is 2. The van der Waals surface area contributed by atoms with Gasteiger partial charge in [-0.25, -0.2) is 0 Å². The van der Waals surface area contributed by atoms with E-state index in [1.165, 1.54) is 24.8 Å². The highest BCUT2D eigenvalue weighted by Gasteiger charge is 2.17. The van der Waals surface area contributed by atoms with E-state index in [-0.39, 0.29) is 0 Å². The van der Waals surface area contributed by atoms with Gasteiger partial charge in [0.1, 0.15) is 0 Å². The zero-order valence-corrected chi connectivity index (χ0v) is 11.7. The van der Waals surface area contributed by atoms with Crippen molar-refractivity contribution in [2.45, 2.75) is 53.0 Å². The van der Waals surface area contributed by atoms with Crippen molar-refractivity contribution < 1.29 is 0 Å². The Morgan fingerprint density at radius 2 is 1.82 bits per heavy atom. The van der Waals surface area contributed by atoms with Crippen molar-refractivity contribution in [1.29, 1.82) is 0 Å². The molecule has 0 aromatic carbocycles. The summed E-state index contributed by atoms with van der Waals surface area (Å²) >= 11 is 0. The van der Waals surface area contributed by atoms with Crippen LogP contribution in [0.2, 0.25) is 0 Å². The average Bonchev–Trinajstić information content (AvgIpc) is 2.34. The second-order valence-electron chi connectivity index (χ2n) is 4.79. The van der Waals surface area contributed by atoms with Gasteiger partial charge in [0.15, 0.2) is 0 Å². The number of aryl methyl sites for hydroxylation is 2. The fraction of sp³-hybridized carbons (Fsp3) is 0.714. The molecule has 1 unspecified atom stereocenters. The van der Waals surface area contributed by atoms with E-state index in [2.05, 4.69) is 35.4 Å². The maximum absolute atomic E-state index is 4.22. The molecule has 96 valence electrons. The highest BCUT2D eigenvalue weighted by atomic mass is 15.1. The van der Waals surface area contributed by atoms with E-state index in [4.69, 9.17) is 0 Å². The van der Waals surface area contributed by atoms with Gasteiger partial charge in [-0.1, -0.05) is 26.7 Å². The summed E-state index contributed by atoms with van der Waals surface area (Å²) in [4.78, 5) is 0. The lowest BCUT2D eigenvalue weighted by atomic mass is 9.90. The van der Waals surface area contributed by atoms with Crippen LogP contribution >= 0.6 is 0 Å². The van der Waals surface area contributed by atoms with Gasteiger partial charge in [-0.05, 0) is 44.9 Å². The smallest absolute Gasteiger partial charge is 0.0648 e. The molecule has 0 aliphatic heterocycles. The molecule has 1 rings (SSSR count). The lowest BCUT2D eigenvalue weighted by Gasteiger charge is -2.23.